The van der Waals surface area contributed by atoms with E-state index in [4.69, 9.17) is 0 Å². The maximum Gasteiger partial charge on any atom is 0.320 e. The minimum Gasteiger partial charge on any atom is -0.325 e. The fourth-order valence-corrected chi connectivity index (χ4v) is 3.14. The van der Waals surface area contributed by atoms with Gasteiger partial charge in [0.15, 0.2) is 0 Å². The average Bonchev–Trinajstić information content (AvgIpc) is 3.00. The molecule has 3 aromatic rings. The van der Waals surface area contributed by atoms with E-state index in [0.717, 1.165) is 4.57 Å². The van der Waals surface area contributed by atoms with Gasteiger partial charge in [-0.3, -0.25) is 9.36 Å². The number of aromatic nitrogens is 2. The molecule has 1 aromatic heterocycles. The molecule has 3 rings (SSSR count). The first-order valence-corrected chi connectivity index (χ1v) is 9.27. The van der Waals surface area contributed by atoms with Crippen molar-refractivity contribution in [2.75, 3.05) is 11.1 Å². The zero-order valence-corrected chi connectivity index (χ0v) is 15.3. The summed E-state index contributed by atoms with van der Waals surface area (Å²) in [5.74, 6) is 0.492. The van der Waals surface area contributed by atoms with Crippen LogP contribution in [-0.4, -0.2) is 26.5 Å². The van der Waals surface area contributed by atoms with E-state index in [-0.39, 0.29) is 11.7 Å². The van der Waals surface area contributed by atoms with Gasteiger partial charge in [-0.25, -0.2) is 4.98 Å². The number of carbonyl (C=O) groups excluding carboxylic acids is 1. The SMILES string of the molecule is CC(C)SCC(=O)Nc1ccc(-c2nc3ccccc3n2C(F)F)cc1. The summed E-state index contributed by atoms with van der Waals surface area (Å²) in [5, 5.41) is 3.18. The molecule has 0 atom stereocenters. The van der Waals surface area contributed by atoms with Crippen molar-refractivity contribution in [3.8, 4) is 11.4 Å². The number of anilines is 1. The third-order valence-corrected chi connectivity index (χ3v) is 4.86. The number of rotatable bonds is 6. The molecule has 0 aliphatic carbocycles. The van der Waals surface area contributed by atoms with E-state index in [1.807, 2.05) is 13.8 Å². The molecule has 1 N–H and O–H groups in total. The summed E-state index contributed by atoms with van der Waals surface area (Å²) in [6, 6.07) is 13.6. The van der Waals surface area contributed by atoms with Crippen LogP contribution in [0.1, 0.15) is 20.4 Å². The first-order chi connectivity index (χ1) is 12.5. The van der Waals surface area contributed by atoms with Crippen LogP contribution >= 0.6 is 11.8 Å². The predicted molar refractivity (Wildman–Crippen MR) is 103 cm³/mol. The van der Waals surface area contributed by atoms with Crippen LogP contribution in [0.5, 0.6) is 0 Å². The molecule has 0 radical (unpaired) electrons. The summed E-state index contributed by atoms with van der Waals surface area (Å²) >= 11 is 1.56. The summed E-state index contributed by atoms with van der Waals surface area (Å²) in [7, 11) is 0. The molecule has 2 aromatic carbocycles. The van der Waals surface area contributed by atoms with Crippen LogP contribution in [0.25, 0.3) is 22.4 Å². The quantitative estimate of drug-likeness (QED) is 0.646. The first kappa shape index (κ1) is 18.4. The molecule has 4 nitrogen and oxygen atoms in total. The molecule has 0 saturated carbocycles. The number of carbonyl (C=O) groups is 1. The third-order valence-electron chi connectivity index (χ3n) is 3.77. The minimum atomic E-state index is -2.69. The van der Waals surface area contributed by atoms with Crippen LogP contribution in [0.4, 0.5) is 14.5 Å². The number of amides is 1. The van der Waals surface area contributed by atoms with Crippen molar-refractivity contribution in [1.82, 2.24) is 9.55 Å². The normalized spacial score (nSPS) is 11.5. The van der Waals surface area contributed by atoms with Crippen molar-refractivity contribution in [2.45, 2.75) is 25.6 Å². The number of fused-ring (bicyclic) bond motifs is 1. The van der Waals surface area contributed by atoms with E-state index in [9.17, 15) is 13.6 Å². The monoisotopic (exact) mass is 375 g/mol. The van der Waals surface area contributed by atoms with Crippen molar-refractivity contribution in [3.63, 3.8) is 0 Å². The molecule has 0 spiro atoms. The van der Waals surface area contributed by atoms with Crippen molar-refractivity contribution in [3.05, 3.63) is 48.5 Å². The first-order valence-electron chi connectivity index (χ1n) is 8.22. The third kappa shape index (κ3) is 4.04. The number of benzene rings is 2. The van der Waals surface area contributed by atoms with Gasteiger partial charge in [0.05, 0.1) is 16.8 Å². The molecule has 0 aliphatic heterocycles. The summed E-state index contributed by atoms with van der Waals surface area (Å²) in [6.07, 6.45) is 0. The molecule has 1 heterocycles. The lowest BCUT2D eigenvalue weighted by Gasteiger charge is -2.09. The average molecular weight is 375 g/mol. The Kier molecular flexibility index (Phi) is 5.56. The number of para-hydroxylation sites is 2. The Labute approximate surface area is 154 Å². The highest BCUT2D eigenvalue weighted by molar-refractivity contribution is 8.00. The van der Waals surface area contributed by atoms with Gasteiger partial charge >= 0.3 is 6.55 Å². The lowest BCUT2D eigenvalue weighted by molar-refractivity contribution is -0.113. The molecule has 0 aliphatic rings. The Morgan fingerprint density at radius 2 is 1.85 bits per heavy atom. The molecule has 0 fully saturated rings. The van der Waals surface area contributed by atoms with Gasteiger partial charge in [0.25, 0.3) is 0 Å². The molecular weight excluding hydrogens is 356 g/mol. The van der Waals surface area contributed by atoms with Crippen LogP contribution < -0.4 is 5.32 Å². The maximum absolute atomic E-state index is 13.5. The van der Waals surface area contributed by atoms with Crippen molar-refractivity contribution in [1.29, 1.82) is 0 Å². The molecule has 0 unspecified atom stereocenters. The fraction of sp³-hybridized carbons (Fsp3) is 0.263. The van der Waals surface area contributed by atoms with E-state index >= 15 is 0 Å². The van der Waals surface area contributed by atoms with Crippen LogP contribution in [0, 0.1) is 0 Å². The Bertz CT molecular complexity index is 907. The highest BCUT2D eigenvalue weighted by Crippen LogP contribution is 2.30. The van der Waals surface area contributed by atoms with Gasteiger partial charge in [-0.15, -0.1) is 11.8 Å². The van der Waals surface area contributed by atoms with Gasteiger partial charge < -0.3 is 5.32 Å². The number of nitrogens with zero attached hydrogens (tertiary/aromatic N) is 2. The van der Waals surface area contributed by atoms with Gasteiger partial charge in [0.2, 0.25) is 5.91 Å². The lowest BCUT2D eigenvalue weighted by Crippen LogP contribution is -2.15. The summed E-state index contributed by atoms with van der Waals surface area (Å²) in [4.78, 5) is 16.2. The van der Waals surface area contributed by atoms with E-state index in [2.05, 4.69) is 10.3 Å². The maximum atomic E-state index is 13.5. The zero-order chi connectivity index (χ0) is 18.7. The predicted octanol–water partition coefficient (Wildman–Crippen LogP) is 5.18. The Morgan fingerprint density at radius 3 is 2.50 bits per heavy atom. The topological polar surface area (TPSA) is 46.9 Å². The van der Waals surface area contributed by atoms with Crippen molar-refractivity contribution < 1.29 is 13.6 Å². The van der Waals surface area contributed by atoms with Crippen LogP contribution in [0.15, 0.2) is 48.5 Å². The van der Waals surface area contributed by atoms with Crippen LogP contribution in [0.2, 0.25) is 0 Å². The highest BCUT2D eigenvalue weighted by Gasteiger charge is 2.18. The van der Waals surface area contributed by atoms with Gasteiger partial charge in [0.1, 0.15) is 5.82 Å². The summed E-state index contributed by atoms with van der Waals surface area (Å²) < 4.78 is 28.0. The molecule has 26 heavy (non-hydrogen) atoms. The molecular formula is C19H19F2N3OS. The van der Waals surface area contributed by atoms with E-state index < -0.39 is 6.55 Å². The van der Waals surface area contributed by atoms with E-state index in [1.165, 1.54) is 0 Å². The number of halogens is 2. The summed E-state index contributed by atoms with van der Waals surface area (Å²) in [6.45, 7) is 1.37. The second-order valence-corrected chi connectivity index (χ2v) is 7.62. The number of hydrogen-bond acceptors (Lipinski definition) is 3. The number of hydrogen-bond donors (Lipinski definition) is 1. The smallest absolute Gasteiger partial charge is 0.320 e. The van der Waals surface area contributed by atoms with Gasteiger partial charge in [-0.05, 0) is 41.6 Å². The molecule has 7 heteroatoms. The van der Waals surface area contributed by atoms with Crippen LogP contribution in [0.3, 0.4) is 0 Å². The van der Waals surface area contributed by atoms with Gasteiger partial charge in [-0.1, -0.05) is 26.0 Å². The highest BCUT2D eigenvalue weighted by atomic mass is 32.2. The molecule has 1 amide bonds. The fourth-order valence-electron chi connectivity index (χ4n) is 2.59. The zero-order valence-electron chi connectivity index (χ0n) is 14.4. The second-order valence-electron chi connectivity index (χ2n) is 6.06. The van der Waals surface area contributed by atoms with E-state index in [0.29, 0.717) is 33.3 Å². The number of nitrogens with one attached hydrogen (secondary N) is 1. The largest absolute Gasteiger partial charge is 0.325 e. The molecule has 136 valence electrons. The second kappa shape index (κ2) is 7.86. The standard InChI is InChI=1S/C19H19F2N3OS/c1-12(2)26-11-17(25)22-14-9-7-13(8-10-14)18-23-15-5-3-4-6-16(15)24(18)19(20)21/h3-10,12,19H,11H2,1-2H3,(H,22,25). The number of imidazole rings is 1. The number of thioether (sulfide) groups is 1. The molecule has 0 saturated heterocycles. The van der Waals surface area contributed by atoms with Crippen molar-refractivity contribution in [2.24, 2.45) is 0 Å². The Balaban J connectivity index is 1.84. The Morgan fingerprint density at radius 1 is 1.15 bits per heavy atom. The Hall–Kier alpha value is -2.41. The van der Waals surface area contributed by atoms with E-state index in [1.54, 1.807) is 60.3 Å². The van der Waals surface area contributed by atoms with Crippen LogP contribution in [-0.2, 0) is 4.79 Å². The van der Waals surface area contributed by atoms with Gasteiger partial charge in [-0.2, -0.15) is 8.78 Å². The molecule has 0 bridgehead atoms. The number of alkyl halides is 2. The lowest BCUT2D eigenvalue weighted by atomic mass is 10.2. The minimum absolute atomic E-state index is 0.0868. The van der Waals surface area contributed by atoms with Gasteiger partial charge in [0, 0.05) is 11.3 Å². The van der Waals surface area contributed by atoms with Crippen molar-refractivity contribution >= 4 is 34.4 Å². The summed E-state index contributed by atoms with van der Waals surface area (Å²) in [5.41, 5.74) is 2.10.